The zero-order valence-electron chi connectivity index (χ0n) is 14.9. The lowest BCUT2D eigenvalue weighted by molar-refractivity contribution is 0.299. The second kappa shape index (κ2) is 12.5. The third-order valence-electron chi connectivity index (χ3n) is 4.12. The van der Waals surface area contributed by atoms with E-state index >= 15 is 0 Å². The fourth-order valence-electron chi connectivity index (χ4n) is 2.66. The molecule has 1 atom stereocenters. The topological polar surface area (TPSA) is 21.3 Å². The molecule has 0 radical (unpaired) electrons. The lowest BCUT2D eigenvalue weighted by atomic mass is 10.1. The Morgan fingerprint density at radius 1 is 0.909 bits per heavy atom. The minimum absolute atomic E-state index is 0.355. The van der Waals surface area contributed by atoms with Crippen LogP contribution in [0.5, 0.6) is 5.75 Å². The summed E-state index contributed by atoms with van der Waals surface area (Å²) in [5.74, 6) is 1.05. The number of hydrogen-bond acceptors (Lipinski definition) is 2. The summed E-state index contributed by atoms with van der Waals surface area (Å²) in [5.41, 5.74) is 1.29. The molecule has 0 bridgehead atoms. The molecule has 0 aliphatic heterocycles. The molecule has 2 heteroatoms. The second-order valence-corrected chi connectivity index (χ2v) is 6.18. The highest BCUT2D eigenvalue weighted by Gasteiger charge is 2.10. The van der Waals surface area contributed by atoms with E-state index in [1.807, 2.05) is 0 Å². The molecule has 0 heterocycles. The van der Waals surface area contributed by atoms with Gasteiger partial charge in [0, 0.05) is 11.6 Å². The molecule has 22 heavy (non-hydrogen) atoms. The Hall–Kier alpha value is -1.02. The van der Waals surface area contributed by atoms with Crippen molar-refractivity contribution in [3.05, 3.63) is 29.8 Å². The highest BCUT2D eigenvalue weighted by atomic mass is 16.5. The average molecular weight is 306 g/mol. The smallest absolute Gasteiger partial charge is 0.124 e. The van der Waals surface area contributed by atoms with Crippen molar-refractivity contribution < 1.29 is 4.74 Å². The summed E-state index contributed by atoms with van der Waals surface area (Å²) in [6.07, 6.45) is 10.2. The van der Waals surface area contributed by atoms with E-state index in [1.165, 1.54) is 50.5 Å². The zero-order chi connectivity index (χ0) is 16.0. The van der Waals surface area contributed by atoms with E-state index in [0.717, 1.165) is 25.3 Å². The average Bonchev–Trinajstić information content (AvgIpc) is 2.54. The third kappa shape index (κ3) is 7.84. The van der Waals surface area contributed by atoms with E-state index in [-0.39, 0.29) is 0 Å². The Bertz CT molecular complexity index is 378. The summed E-state index contributed by atoms with van der Waals surface area (Å²) < 4.78 is 6.01. The molecule has 0 amide bonds. The van der Waals surface area contributed by atoms with Crippen LogP contribution in [-0.2, 0) is 0 Å². The molecule has 1 unspecified atom stereocenters. The molecule has 0 saturated heterocycles. The monoisotopic (exact) mass is 305 g/mol. The first-order chi connectivity index (χ1) is 10.8. The number of ether oxygens (including phenoxy) is 1. The van der Waals surface area contributed by atoms with Crippen LogP contribution >= 0.6 is 0 Å². The molecule has 0 spiro atoms. The van der Waals surface area contributed by atoms with Crippen LogP contribution in [-0.4, -0.2) is 13.2 Å². The van der Waals surface area contributed by atoms with Gasteiger partial charge in [-0.3, -0.25) is 0 Å². The van der Waals surface area contributed by atoms with Crippen LogP contribution in [0.4, 0.5) is 0 Å². The molecule has 0 aliphatic carbocycles. The van der Waals surface area contributed by atoms with E-state index in [4.69, 9.17) is 4.74 Å². The molecule has 126 valence electrons. The van der Waals surface area contributed by atoms with E-state index in [0.29, 0.717) is 6.04 Å². The largest absolute Gasteiger partial charge is 0.493 e. The molecule has 0 fully saturated rings. The lowest BCUT2D eigenvalue weighted by Crippen LogP contribution is -2.20. The Kier molecular flexibility index (Phi) is 10.8. The Morgan fingerprint density at radius 2 is 1.59 bits per heavy atom. The van der Waals surface area contributed by atoms with Crippen LogP contribution in [0.3, 0.4) is 0 Å². The Balaban J connectivity index is 2.37. The summed E-state index contributed by atoms with van der Waals surface area (Å²) >= 11 is 0. The molecule has 1 rings (SSSR count). The molecule has 2 nitrogen and oxygen atoms in total. The predicted molar refractivity (Wildman–Crippen MR) is 96.6 cm³/mol. The SMILES string of the molecule is CCCCCCNC(C)c1ccccc1OCCCCCC. The van der Waals surface area contributed by atoms with Crippen LogP contribution < -0.4 is 10.1 Å². The van der Waals surface area contributed by atoms with Gasteiger partial charge in [0.2, 0.25) is 0 Å². The standard InChI is InChI=1S/C20H35NO/c1-4-6-8-12-16-21-18(3)19-14-10-11-15-20(19)22-17-13-9-7-5-2/h10-11,14-15,18,21H,4-9,12-13,16-17H2,1-3H3. The molecule has 1 N–H and O–H groups in total. The summed E-state index contributed by atoms with van der Waals surface area (Å²) in [7, 11) is 0. The van der Waals surface area contributed by atoms with Crippen LogP contribution in [0, 0.1) is 0 Å². The van der Waals surface area contributed by atoms with Gasteiger partial charge in [0.05, 0.1) is 6.61 Å². The van der Waals surface area contributed by atoms with Crippen molar-refractivity contribution in [2.24, 2.45) is 0 Å². The van der Waals surface area contributed by atoms with Gasteiger partial charge in [0.1, 0.15) is 5.75 Å². The van der Waals surface area contributed by atoms with Crippen molar-refractivity contribution in [3.8, 4) is 5.75 Å². The van der Waals surface area contributed by atoms with Gasteiger partial charge in [-0.2, -0.15) is 0 Å². The third-order valence-corrected chi connectivity index (χ3v) is 4.12. The fourth-order valence-corrected chi connectivity index (χ4v) is 2.66. The molecular formula is C20H35NO. The van der Waals surface area contributed by atoms with Crippen molar-refractivity contribution >= 4 is 0 Å². The summed E-state index contributed by atoms with van der Waals surface area (Å²) in [5, 5.41) is 3.63. The van der Waals surface area contributed by atoms with E-state index in [2.05, 4.69) is 50.4 Å². The van der Waals surface area contributed by atoms with Crippen molar-refractivity contribution in [1.29, 1.82) is 0 Å². The van der Waals surface area contributed by atoms with Crippen LogP contribution in [0.2, 0.25) is 0 Å². The van der Waals surface area contributed by atoms with Gasteiger partial charge in [-0.25, -0.2) is 0 Å². The maximum absolute atomic E-state index is 6.01. The summed E-state index contributed by atoms with van der Waals surface area (Å²) in [6, 6.07) is 8.82. The predicted octanol–water partition coefficient (Wildman–Crippen LogP) is 5.88. The minimum Gasteiger partial charge on any atom is -0.493 e. The first kappa shape index (κ1) is 19.0. The van der Waals surface area contributed by atoms with Crippen molar-refractivity contribution in [2.75, 3.05) is 13.2 Å². The number of benzene rings is 1. The first-order valence-electron chi connectivity index (χ1n) is 9.24. The maximum Gasteiger partial charge on any atom is 0.124 e. The van der Waals surface area contributed by atoms with E-state index in [9.17, 15) is 0 Å². The lowest BCUT2D eigenvalue weighted by Gasteiger charge is -2.18. The Morgan fingerprint density at radius 3 is 2.32 bits per heavy atom. The van der Waals surface area contributed by atoms with Gasteiger partial charge in [-0.1, -0.05) is 70.6 Å². The Labute approximate surface area is 137 Å². The number of hydrogen-bond donors (Lipinski definition) is 1. The van der Waals surface area contributed by atoms with Gasteiger partial charge in [-0.15, -0.1) is 0 Å². The number of unbranched alkanes of at least 4 members (excludes halogenated alkanes) is 6. The van der Waals surface area contributed by atoms with Crippen LogP contribution in [0.25, 0.3) is 0 Å². The maximum atomic E-state index is 6.01. The molecular weight excluding hydrogens is 270 g/mol. The quantitative estimate of drug-likeness (QED) is 0.460. The van der Waals surface area contributed by atoms with E-state index < -0.39 is 0 Å². The van der Waals surface area contributed by atoms with Crippen LogP contribution in [0.15, 0.2) is 24.3 Å². The molecule has 0 saturated carbocycles. The highest BCUT2D eigenvalue weighted by molar-refractivity contribution is 5.35. The van der Waals surface area contributed by atoms with Gasteiger partial charge in [-0.05, 0) is 32.4 Å². The van der Waals surface area contributed by atoms with Gasteiger partial charge in [0.25, 0.3) is 0 Å². The number of para-hydroxylation sites is 1. The molecule has 0 aliphatic rings. The molecule has 1 aromatic carbocycles. The minimum atomic E-state index is 0.355. The van der Waals surface area contributed by atoms with Gasteiger partial charge < -0.3 is 10.1 Å². The van der Waals surface area contributed by atoms with Gasteiger partial charge in [0.15, 0.2) is 0 Å². The first-order valence-corrected chi connectivity index (χ1v) is 9.24. The van der Waals surface area contributed by atoms with Crippen LogP contribution in [0.1, 0.15) is 83.7 Å². The van der Waals surface area contributed by atoms with Crippen molar-refractivity contribution in [1.82, 2.24) is 5.32 Å². The highest BCUT2D eigenvalue weighted by Crippen LogP contribution is 2.25. The number of rotatable bonds is 13. The van der Waals surface area contributed by atoms with E-state index in [1.54, 1.807) is 0 Å². The molecule has 1 aromatic rings. The molecule has 0 aromatic heterocycles. The zero-order valence-corrected chi connectivity index (χ0v) is 14.9. The summed E-state index contributed by atoms with van der Waals surface area (Å²) in [4.78, 5) is 0. The van der Waals surface area contributed by atoms with Crippen molar-refractivity contribution in [3.63, 3.8) is 0 Å². The second-order valence-electron chi connectivity index (χ2n) is 6.18. The normalized spacial score (nSPS) is 12.3. The number of nitrogens with one attached hydrogen (secondary N) is 1. The fraction of sp³-hybridized carbons (Fsp3) is 0.700. The van der Waals surface area contributed by atoms with Crippen molar-refractivity contribution in [2.45, 2.75) is 78.2 Å². The van der Waals surface area contributed by atoms with Gasteiger partial charge >= 0.3 is 0 Å². The summed E-state index contributed by atoms with van der Waals surface area (Å²) in [6.45, 7) is 8.65.